The second-order valence-electron chi connectivity index (χ2n) is 6.45. The molecule has 1 amide bonds. The van der Waals surface area contributed by atoms with E-state index in [9.17, 15) is 14.4 Å². The van der Waals surface area contributed by atoms with Gasteiger partial charge in [0, 0.05) is 22.8 Å². The van der Waals surface area contributed by atoms with Crippen molar-refractivity contribution in [2.24, 2.45) is 0 Å². The first-order valence-corrected chi connectivity index (χ1v) is 9.99. The van der Waals surface area contributed by atoms with E-state index < -0.39 is 17.8 Å². The van der Waals surface area contributed by atoms with E-state index in [2.05, 4.69) is 11.4 Å². The van der Waals surface area contributed by atoms with Gasteiger partial charge in [-0.15, -0.1) is 11.3 Å². The van der Waals surface area contributed by atoms with Crippen LogP contribution in [0.4, 0.5) is 4.39 Å². The number of benzene rings is 2. The van der Waals surface area contributed by atoms with Gasteiger partial charge in [0.1, 0.15) is 11.9 Å². The maximum absolute atomic E-state index is 14.4. The Labute approximate surface area is 182 Å². The molecule has 1 heterocycles. The number of methoxy groups -OCH3 is 4. The minimum atomic E-state index is -1.01. The van der Waals surface area contributed by atoms with Gasteiger partial charge in [-0.05, 0) is 29.8 Å². The molecule has 0 saturated heterocycles. The van der Waals surface area contributed by atoms with Crippen LogP contribution in [0.1, 0.15) is 26.8 Å². The fourth-order valence-corrected chi connectivity index (χ4v) is 4.41. The number of rotatable bonds is 8. The van der Waals surface area contributed by atoms with Crippen LogP contribution < -0.4 is 19.5 Å². The van der Waals surface area contributed by atoms with Gasteiger partial charge in [0.05, 0.1) is 38.9 Å². The number of hydrogen-bond donors (Lipinski definition) is 1. The molecule has 0 bridgehead atoms. The number of hydrogen-bond acceptors (Lipinski definition) is 7. The quantitative estimate of drug-likeness (QED) is 0.560. The largest absolute Gasteiger partial charge is 0.493 e. The lowest BCUT2D eigenvalue weighted by atomic mass is 10.1. The molecule has 0 spiro atoms. The third-order valence-electron chi connectivity index (χ3n) is 4.68. The molecule has 0 saturated carbocycles. The smallest absolute Gasteiger partial charge is 0.263 e. The van der Waals surface area contributed by atoms with Crippen LogP contribution in [0.2, 0.25) is 0 Å². The zero-order valence-corrected chi connectivity index (χ0v) is 18.3. The van der Waals surface area contributed by atoms with Gasteiger partial charge in [0.25, 0.3) is 5.91 Å². The molecule has 162 valence electrons. The number of nitriles is 1. The van der Waals surface area contributed by atoms with Gasteiger partial charge < -0.3 is 24.3 Å². The minimum Gasteiger partial charge on any atom is -0.493 e. The molecule has 0 aliphatic carbocycles. The van der Waals surface area contributed by atoms with Crippen LogP contribution in [0.25, 0.3) is 10.1 Å². The van der Waals surface area contributed by atoms with Crippen LogP contribution in [0.15, 0.2) is 30.3 Å². The van der Waals surface area contributed by atoms with Crippen LogP contribution in [0.3, 0.4) is 0 Å². The number of nitrogens with zero attached hydrogens (tertiary/aromatic N) is 1. The van der Waals surface area contributed by atoms with Crippen LogP contribution in [0, 0.1) is 17.1 Å². The lowest BCUT2D eigenvalue weighted by molar-refractivity contribution is 0.0945. The Morgan fingerprint density at radius 2 is 1.84 bits per heavy atom. The molecule has 1 aromatic heterocycles. The summed E-state index contributed by atoms with van der Waals surface area (Å²) < 4.78 is 36.2. The van der Waals surface area contributed by atoms with E-state index in [-0.39, 0.29) is 11.5 Å². The Balaban J connectivity index is 2.00. The topological polar surface area (TPSA) is 89.8 Å². The summed E-state index contributed by atoms with van der Waals surface area (Å²) >= 11 is 1.14. The predicted molar refractivity (Wildman–Crippen MR) is 114 cm³/mol. The fraction of sp³-hybridized carbons (Fsp3) is 0.273. The Hall–Kier alpha value is -3.35. The van der Waals surface area contributed by atoms with Crippen molar-refractivity contribution in [3.63, 3.8) is 0 Å². The summed E-state index contributed by atoms with van der Waals surface area (Å²) in [6, 6.07) is 8.91. The third-order valence-corrected chi connectivity index (χ3v) is 5.88. The molecule has 1 atom stereocenters. The molecule has 1 unspecified atom stereocenters. The van der Waals surface area contributed by atoms with Gasteiger partial charge in [-0.25, -0.2) is 4.39 Å². The van der Waals surface area contributed by atoms with E-state index in [0.717, 1.165) is 11.3 Å². The maximum atomic E-state index is 14.4. The molecular weight excluding hydrogens is 423 g/mol. The van der Waals surface area contributed by atoms with E-state index in [1.807, 2.05) is 0 Å². The van der Waals surface area contributed by atoms with Gasteiger partial charge in [0.2, 0.25) is 5.75 Å². The van der Waals surface area contributed by atoms with E-state index in [4.69, 9.17) is 18.9 Å². The van der Waals surface area contributed by atoms with Crippen molar-refractivity contribution < 1.29 is 28.1 Å². The fourth-order valence-electron chi connectivity index (χ4n) is 3.29. The number of nitrogens with one attached hydrogen (secondary N) is 1. The predicted octanol–water partition coefficient (Wildman–Crippen LogP) is 4.21. The van der Waals surface area contributed by atoms with Gasteiger partial charge in [0.15, 0.2) is 11.5 Å². The van der Waals surface area contributed by atoms with Crippen molar-refractivity contribution in [3.8, 4) is 23.3 Å². The van der Waals surface area contributed by atoms with Crippen molar-refractivity contribution >= 4 is 27.3 Å². The van der Waals surface area contributed by atoms with Gasteiger partial charge >= 0.3 is 0 Å². The van der Waals surface area contributed by atoms with Crippen molar-refractivity contribution in [2.75, 3.05) is 28.4 Å². The Bertz CT molecular complexity index is 1130. The lowest BCUT2D eigenvalue weighted by Crippen LogP contribution is -2.27. The highest BCUT2D eigenvalue weighted by atomic mass is 32.1. The monoisotopic (exact) mass is 444 g/mol. The highest BCUT2D eigenvalue weighted by molar-refractivity contribution is 7.21. The summed E-state index contributed by atoms with van der Waals surface area (Å²) in [5, 5.41) is 12.8. The van der Waals surface area contributed by atoms with Crippen LogP contribution in [-0.4, -0.2) is 34.3 Å². The Kier molecular flexibility index (Phi) is 6.95. The zero-order chi connectivity index (χ0) is 22.5. The molecule has 31 heavy (non-hydrogen) atoms. The second-order valence-corrected chi connectivity index (χ2v) is 7.50. The summed E-state index contributed by atoms with van der Waals surface area (Å²) in [4.78, 5) is 13.4. The third kappa shape index (κ3) is 4.26. The van der Waals surface area contributed by atoms with Crippen molar-refractivity contribution in [1.29, 1.82) is 5.26 Å². The number of carbonyl (C=O) groups excluding carboxylic acids is 1. The summed E-state index contributed by atoms with van der Waals surface area (Å²) in [5.41, 5.74) is 0.894. The van der Waals surface area contributed by atoms with E-state index >= 15 is 0 Å². The molecule has 3 rings (SSSR count). The molecule has 0 radical (unpaired) electrons. The van der Waals surface area contributed by atoms with Crippen molar-refractivity contribution in [2.45, 2.75) is 12.6 Å². The number of halogens is 1. The first kappa shape index (κ1) is 22.3. The number of amides is 1. The number of carbonyl (C=O) groups is 1. The zero-order valence-electron chi connectivity index (χ0n) is 17.4. The molecule has 7 nitrogen and oxygen atoms in total. The second kappa shape index (κ2) is 9.64. The summed E-state index contributed by atoms with van der Waals surface area (Å²) in [6.07, 6.45) is 0. The lowest BCUT2D eigenvalue weighted by Gasteiger charge is -2.17. The molecule has 9 heteroatoms. The average Bonchev–Trinajstić information content (AvgIpc) is 3.16. The first-order valence-electron chi connectivity index (χ1n) is 9.18. The van der Waals surface area contributed by atoms with Gasteiger partial charge in [-0.1, -0.05) is 6.07 Å². The first-order chi connectivity index (χ1) is 15.0. The van der Waals surface area contributed by atoms with Gasteiger partial charge in [-0.2, -0.15) is 5.26 Å². The maximum Gasteiger partial charge on any atom is 0.263 e. The van der Waals surface area contributed by atoms with Gasteiger partial charge in [-0.3, -0.25) is 4.79 Å². The van der Waals surface area contributed by atoms with Crippen LogP contribution >= 0.6 is 11.3 Å². The minimum absolute atomic E-state index is 0.0606. The van der Waals surface area contributed by atoms with Crippen molar-refractivity contribution in [3.05, 3.63) is 52.2 Å². The van der Waals surface area contributed by atoms with Crippen LogP contribution in [-0.2, 0) is 11.3 Å². The standard InChI is InChI=1S/C22H21FN2O5S/c1-27-11-13-19-14(23)6-5-7-18(19)31-21(13)22(26)25-15(10-24)12-8-16(28-2)20(30-4)17(9-12)29-3/h5-9,15H,11H2,1-4H3,(H,25,26). The van der Waals surface area contributed by atoms with E-state index in [1.165, 1.54) is 34.5 Å². The van der Waals surface area contributed by atoms with Crippen LogP contribution in [0.5, 0.6) is 17.2 Å². The van der Waals surface area contributed by atoms with Crippen molar-refractivity contribution in [1.82, 2.24) is 5.32 Å². The molecule has 1 N–H and O–H groups in total. The normalized spacial score (nSPS) is 11.6. The SMILES string of the molecule is COCc1c(C(=O)NC(C#N)c2cc(OC)c(OC)c(OC)c2)sc2cccc(F)c12. The molecule has 0 aliphatic rings. The highest BCUT2D eigenvalue weighted by Gasteiger charge is 2.25. The molecule has 3 aromatic rings. The summed E-state index contributed by atoms with van der Waals surface area (Å²) in [7, 11) is 5.87. The van der Waals surface area contributed by atoms with E-state index in [0.29, 0.717) is 38.5 Å². The number of ether oxygens (including phenoxy) is 4. The average molecular weight is 444 g/mol. The molecule has 2 aromatic carbocycles. The number of thiophene rings is 1. The Morgan fingerprint density at radius 1 is 1.16 bits per heavy atom. The molecule has 0 aliphatic heterocycles. The summed E-state index contributed by atoms with van der Waals surface area (Å²) in [6.45, 7) is 0.0606. The molecular formula is C22H21FN2O5S. The summed E-state index contributed by atoms with van der Waals surface area (Å²) in [5.74, 6) is 0.152. The van der Waals surface area contributed by atoms with E-state index in [1.54, 1.807) is 24.3 Å². The Morgan fingerprint density at radius 3 is 2.39 bits per heavy atom. The number of fused-ring (bicyclic) bond motifs is 1. The highest BCUT2D eigenvalue weighted by Crippen LogP contribution is 2.40. The molecule has 0 fully saturated rings.